The lowest BCUT2D eigenvalue weighted by atomic mass is 9.77. The van der Waals surface area contributed by atoms with Gasteiger partial charge in [-0.2, -0.15) is 0 Å². The van der Waals surface area contributed by atoms with Crippen LogP contribution in [0, 0.1) is 0 Å². The lowest BCUT2D eigenvalue weighted by Gasteiger charge is -2.44. The van der Waals surface area contributed by atoms with Crippen molar-refractivity contribution in [3.63, 3.8) is 0 Å². The molecule has 2 rings (SSSR count). The minimum Gasteiger partial charge on any atom is -0.312 e. The first-order chi connectivity index (χ1) is 9.60. The first kappa shape index (κ1) is 15.5. The highest BCUT2D eigenvalue weighted by Crippen LogP contribution is 2.39. The zero-order valence-corrected chi connectivity index (χ0v) is 13.7. The number of nitrogens with one attached hydrogen (secondary N) is 1. The second-order valence-electron chi connectivity index (χ2n) is 6.40. The van der Waals surface area contributed by atoms with Crippen LogP contribution in [0.5, 0.6) is 0 Å². The van der Waals surface area contributed by atoms with Gasteiger partial charge in [-0.3, -0.25) is 4.90 Å². The molecule has 0 radical (unpaired) electrons. The molecule has 4 atom stereocenters. The van der Waals surface area contributed by atoms with Gasteiger partial charge in [-0.05, 0) is 50.9 Å². The summed E-state index contributed by atoms with van der Waals surface area (Å²) in [5.74, 6) is 0.650. The summed E-state index contributed by atoms with van der Waals surface area (Å²) in [5.41, 5.74) is 3.02. The monoisotopic (exact) mass is 274 g/mol. The summed E-state index contributed by atoms with van der Waals surface area (Å²) in [7, 11) is 4.40. The molecule has 0 aliphatic heterocycles. The molecule has 2 nitrogen and oxygen atoms in total. The standard InChI is InChI=1S/C18H30N2/c1-6-9-14(3)20(5)17-12-13(2)15-10-7-8-11-16(15)18(17)19-4/h7-8,10-11,13-14,17-19H,6,9,12H2,1-5H3. The molecule has 0 bridgehead atoms. The van der Waals surface area contributed by atoms with Crippen LogP contribution in [0.15, 0.2) is 24.3 Å². The molecule has 1 aliphatic rings. The summed E-state index contributed by atoms with van der Waals surface area (Å²) >= 11 is 0. The van der Waals surface area contributed by atoms with Crippen LogP contribution in [0.4, 0.5) is 0 Å². The van der Waals surface area contributed by atoms with E-state index in [9.17, 15) is 0 Å². The lowest BCUT2D eigenvalue weighted by molar-refractivity contribution is 0.121. The van der Waals surface area contributed by atoms with Crippen molar-refractivity contribution in [2.45, 2.75) is 64.1 Å². The topological polar surface area (TPSA) is 15.3 Å². The van der Waals surface area contributed by atoms with Gasteiger partial charge in [0.05, 0.1) is 0 Å². The molecule has 0 saturated heterocycles. The highest BCUT2D eigenvalue weighted by atomic mass is 15.2. The minimum atomic E-state index is 0.451. The van der Waals surface area contributed by atoms with Gasteiger partial charge >= 0.3 is 0 Å². The summed E-state index contributed by atoms with van der Waals surface area (Å²) in [4.78, 5) is 2.59. The van der Waals surface area contributed by atoms with Crippen LogP contribution in [-0.2, 0) is 0 Å². The van der Waals surface area contributed by atoms with Crippen molar-refractivity contribution in [3.8, 4) is 0 Å². The molecule has 112 valence electrons. The van der Waals surface area contributed by atoms with Gasteiger partial charge in [0.25, 0.3) is 0 Å². The molecule has 2 heteroatoms. The summed E-state index contributed by atoms with van der Waals surface area (Å²) in [5, 5.41) is 3.57. The summed E-state index contributed by atoms with van der Waals surface area (Å²) in [6.45, 7) is 7.01. The molecule has 0 aromatic heterocycles. The van der Waals surface area contributed by atoms with Crippen molar-refractivity contribution >= 4 is 0 Å². The van der Waals surface area contributed by atoms with Crippen LogP contribution in [0.3, 0.4) is 0 Å². The largest absolute Gasteiger partial charge is 0.312 e. The van der Waals surface area contributed by atoms with Gasteiger partial charge in [0, 0.05) is 18.1 Å². The Balaban J connectivity index is 2.27. The van der Waals surface area contributed by atoms with Gasteiger partial charge in [-0.1, -0.05) is 44.5 Å². The lowest BCUT2D eigenvalue weighted by Crippen LogP contribution is -2.48. The fourth-order valence-corrected chi connectivity index (χ4v) is 3.77. The van der Waals surface area contributed by atoms with E-state index < -0.39 is 0 Å². The smallest absolute Gasteiger partial charge is 0.0478 e. The van der Waals surface area contributed by atoms with Gasteiger partial charge in [0.15, 0.2) is 0 Å². The summed E-state index contributed by atoms with van der Waals surface area (Å²) in [6, 6.07) is 10.6. The van der Waals surface area contributed by atoms with Crippen LogP contribution in [-0.4, -0.2) is 31.1 Å². The SMILES string of the molecule is CCCC(C)N(C)C1CC(C)c2ccccc2C1NC. The second kappa shape index (κ2) is 6.73. The molecule has 1 aliphatic carbocycles. The van der Waals surface area contributed by atoms with Crippen molar-refractivity contribution in [3.05, 3.63) is 35.4 Å². The number of nitrogens with zero attached hydrogens (tertiary/aromatic N) is 1. The van der Waals surface area contributed by atoms with E-state index >= 15 is 0 Å². The van der Waals surface area contributed by atoms with E-state index in [4.69, 9.17) is 0 Å². The molecule has 20 heavy (non-hydrogen) atoms. The zero-order chi connectivity index (χ0) is 14.7. The third-order valence-corrected chi connectivity index (χ3v) is 5.08. The molecule has 0 spiro atoms. The Bertz CT molecular complexity index is 429. The third kappa shape index (κ3) is 2.91. The Morgan fingerprint density at radius 3 is 2.55 bits per heavy atom. The molecular weight excluding hydrogens is 244 g/mol. The molecular formula is C18H30N2. The quantitative estimate of drug-likeness (QED) is 0.875. The number of benzene rings is 1. The van der Waals surface area contributed by atoms with Crippen molar-refractivity contribution in [2.75, 3.05) is 14.1 Å². The molecule has 0 saturated carbocycles. The Labute approximate surface area is 124 Å². The summed E-state index contributed by atoms with van der Waals surface area (Å²) < 4.78 is 0. The molecule has 4 unspecified atom stereocenters. The van der Waals surface area contributed by atoms with E-state index in [1.54, 1.807) is 0 Å². The van der Waals surface area contributed by atoms with Gasteiger partial charge in [0.2, 0.25) is 0 Å². The van der Waals surface area contributed by atoms with Gasteiger partial charge in [-0.25, -0.2) is 0 Å². The van der Waals surface area contributed by atoms with E-state index in [1.165, 1.54) is 30.4 Å². The fourth-order valence-electron chi connectivity index (χ4n) is 3.77. The number of likely N-dealkylation sites (N-methyl/N-ethyl adjacent to an activating group) is 2. The Hall–Kier alpha value is -0.860. The van der Waals surface area contributed by atoms with E-state index in [-0.39, 0.29) is 0 Å². The highest BCUT2D eigenvalue weighted by Gasteiger charge is 2.35. The fraction of sp³-hybridized carbons (Fsp3) is 0.667. The maximum absolute atomic E-state index is 3.57. The van der Waals surface area contributed by atoms with Crippen LogP contribution < -0.4 is 5.32 Å². The van der Waals surface area contributed by atoms with E-state index in [1.807, 2.05) is 0 Å². The first-order valence-corrected chi connectivity index (χ1v) is 8.08. The Morgan fingerprint density at radius 1 is 1.30 bits per heavy atom. The van der Waals surface area contributed by atoms with E-state index in [2.05, 4.69) is 69.3 Å². The molecule has 1 N–H and O–H groups in total. The van der Waals surface area contributed by atoms with Crippen LogP contribution >= 0.6 is 0 Å². The maximum atomic E-state index is 3.57. The average Bonchev–Trinajstić information content (AvgIpc) is 2.46. The Kier molecular flexibility index (Phi) is 5.22. The van der Waals surface area contributed by atoms with Gasteiger partial charge in [-0.15, -0.1) is 0 Å². The third-order valence-electron chi connectivity index (χ3n) is 5.08. The van der Waals surface area contributed by atoms with Crippen LogP contribution in [0.1, 0.15) is 63.1 Å². The second-order valence-corrected chi connectivity index (χ2v) is 6.40. The van der Waals surface area contributed by atoms with Crippen molar-refractivity contribution in [1.29, 1.82) is 0 Å². The molecule has 1 aromatic rings. The summed E-state index contributed by atoms with van der Waals surface area (Å²) in [6.07, 6.45) is 3.78. The highest BCUT2D eigenvalue weighted by molar-refractivity contribution is 5.36. The molecule has 0 amide bonds. The number of fused-ring (bicyclic) bond motifs is 1. The van der Waals surface area contributed by atoms with Crippen LogP contribution in [0.2, 0.25) is 0 Å². The molecule has 1 aromatic carbocycles. The number of hydrogen-bond donors (Lipinski definition) is 1. The first-order valence-electron chi connectivity index (χ1n) is 8.08. The minimum absolute atomic E-state index is 0.451. The number of hydrogen-bond acceptors (Lipinski definition) is 2. The normalized spacial score (nSPS) is 27.4. The van der Waals surface area contributed by atoms with E-state index in [0.29, 0.717) is 24.0 Å². The zero-order valence-electron chi connectivity index (χ0n) is 13.7. The predicted octanol–water partition coefficient (Wildman–Crippen LogP) is 3.94. The van der Waals surface area contributed by atoms with Gasteiger partial charge < -0.3 is 5.32 Å². The number of rotatable bonds is 5. The van der Waals surface area contributed by atoms with Crippen molar-refractivity contribution in [1.82, 2.24) is 10.2 Å². The molecule has 0 heterocycles. The predicted molar refractivity (Wildman–Crippen MR) is 87.2 cm³/mol. The maximum Gasteiger partial charge on any atom is 0.0478 e. The molecule has 0 fully saturated rings. The van der Waals surface area contributed by atoms with Crippen molar-refractivity contribution < 1.29 is 0 Å². The van der Waals surface area contributed by atoms with E-state index in [0.717, 1.165) is 0 Å². The Morgan fingerprint density at radius 2 is 1.95 bits per heavy atom. The van der Waals surface area contributed by atoms with Crippen LogP contribution in [0.25, 0.3) is 0 Å². The van der Waals surface area contributed by atoms with Crippen molar-refractivity contribution in [2.24, 2.45) is 0 Å². The van der Waals surface area contributed by atoms with Gasteiger partial charge in [0.1, 0.15) is 0 Å². The average molecular weight is 274 g/mol.